The van der Waals surface area contributed by atoms with Crippen molar-refractivity contribution in [3.05, 3.63) is 52.1 Å². The molecule has 0 heterocycles. The maximum absolute atomic E-state index is 13.1. The molecule has 4 heteroatoms. The third-order valence-corrected chi connectivity index (χ3v) is 4.11. The SMILES string of the molecule is COc1cc(C)c(OC)c2c1Cc1cccc(OC)c1C2=O. The van der Waals surface area contributed by atoms with Gasteiger partial charge in [0, 0.05) is 12.0 Å². The number of rotatable bonds is 3. The van der Waals surface area contributed by atoms with Crippen molar-refractivity contribution < 1.29 is 19.0 Å². The van der Waals surface area contributed by atoms with Gasteiger partial charge in [-0.2, -0.15) is 0 Å². The Morgan fingerprint density at radius 1 is 0.955 bits per heavy atom. The molecule has 0 amide bonds. The molecular formula is C18H18O4. The van der Waals surface area contributed by atoms with Gasteiger partial charge >= 0.3 is 0 Å². The molecule has 114 valence electrons. The van der Waals surface area contributed by atoms with Crippen molar-refractivity contribution in [3.63, 3.8) is 0 Å². The van der Waals surface area contributed by atoms with E-state index in [1.165, 1.54) is 0 Å². The zero-order valence-electron chi connectivity index (χ0n) is 13.1. The Morgan fingerprint density at radius 2 is 1.68 bits per heavy atom. The van der Waals surface area contributed by atoms with Crippen LogP contribution in [-0.4, -0.2) is 27.1 Å². The minimum atomic E-state index is -0.0763. The number of ketones is 1. The third-order valence-electron chi connectivity index (χ3n) is 4.11. The number of benzene rings is 2. The summed E-state index contributed by atoms with van der Waals surface area (Å²) in [4.78, 5) is 13.1. The molecule has 1 aliphatic carbocycles. The van der Waals surface area contributed by atoms with E-state index in [0.717, 1.165) is 22.4 Å². The molecular weight excluding hydrogens is 280 g/mol. The molecule has 0 bridgehead atoms. The number of hydrogen-bond acceptors (Lipinski definition) is 4. The Morgan fingerprint density at radius 3 is 2.32 bits per heavy atom. The second kappa shape index (κ2) is 5.37. The van der Waals surface area contributed by atoms with E-state index >= 15 is 0 Å². The van der Waals surface area contributed by atoms with E-state index in [1.807, 2.05) is 25.1 Å². The Balaban J connectivity index is 2.32. The summed E-state index contributed by atoms with van der Waals surface area (Å²) in [5, 5.41) is 0. The molecule has 1 aliphatic rings. The Labute approximate surface area is 129 Å². The van der Waals surface area contributed by atoms with E-state index in [2.05, 4.69) is 0 Å². The number of aryl methyl sites for hydroxylation is 1. The van der Waals surface area contributed by atoms with Gasteiger partial charge in [-0.1, -0.05) is 12.1 Å². The van der Waals surface area contributed by atoms with Gasteiger partial charge in [-0.15, -0.1) is 0 Å². The molecule has 0 saturated carbocycles. The second-order valence-corrected chi connectivity index (χ2v) is 5.28. The number of ether oxygens (including phenoxy) is 3. The van der Waals surface area contributed by atoms with Crippen LogP contribution in [0.25, 0.3) is 0 Å². The number of methoxy groups -OCH3 is 3. The molecule has 0 radical (unpaired) electrons. The van der Waals surface area contributed by atoms with Crippen LogP contribution in [0.15, 0.2) is 24.3 Å². The van der Waals surface area contributed by atoms with Crippen molar-refractivity contribution in [2.75, 3.05) is 21.3 Å². The van der Waals surface area contributed by atoms with Gasteiger partial charge < -0.3 is 14.2 Å². The van der Waals surface area contributed by atoms with Crippen LogP contribution in [0, 0.1) is 6.92 Å². The van der Waals surface area contributed by atoms with E-state index in [1.54, 1.807) is 27.4 Å². The van der Waals surface area contributed by atoms with Crippen molar-refractivity contribution in [2.45, 2.75) is 13.3 Å². The highest BCUT2D eigenvalue weighted by molar-refractivity contribution is 6.16. The predicted octanol–water partition coefficient (Wildman–Crippen LogP) is 3.16. The fourth-order valence-corrected chi connectivity index (χ4v) is 3.13. The molecule has 0 unspecified atom stereocenters. The summed E-state index contributed by atoms with van der Waals surface area (Å²) in [6, 6.07) is 7.57. The van der Waals surface area contributed by atoms with Crippen LogP contribution in [0.1, 0.15) is 32.6 Å². The summed E-state index contributed by atoms with van der Waals surface area (Å²) < 4.78 is 16.3. The lowest BCUT2D eigenvalue weighted by Gasteiger charge is -2.25. The van der Waals surface area contributed by atoms with Crippen molar-refractivity contribution in [2.24, 2.45) is 0 Å². The minimum Gasteiger partial charge on any atom is -0.496 e. The molecule has 0 saturated heterocycles. The first-order valence-electron chi connectivity index (χ1n) is 7.07. The quantitative estimate of drug-likeness (QED) is 0.745. The molecule has 0 atom stereocenters. The molecule has 3 rings (SSSR count). The summed E-state index contributed by atoms with van der Waals surface area (Å²) in [5.41, 5.74) is 3.89. The van der Waals surface area contributed by atoms with Crippen molar-refractivity contribution in [3.8, 4) is 17.2 Å². The first kappa shape index (κ1) is 14.4. The number of carbonyl (C=O) groups excluding carboxylic acids is 1. The lowest BCUT2D eigenvalue weighted by molar-refractivity contribution is 0.102. The molecule has 22 heavy (non-hydrogen) atoms. The van der Waals surface area contributed by atoms with Crippen molar-refractivity contribution >= 4 is 5.78 Å². The fourth-order valence-electron chi connectivity index (χ4n) is 3.13. The molecule has 0 spiro atoms. The molecule has 0 aromatic heterocycles. The van der Waals surface area contributed by atoms with Crippen LogP contribution in [0.2, 0.25) is 0 Å². The van der Waals surface area contributed by atoms with Gasteiger partial charge in [0.15, 0.2) is 0 Å². The topological polar surface area (TPSA) is 44.8 Å². The summed E-state index contributed by atoms with van der Waals surface area (Å²) >= 11 is 0. The van der Waals surface area contributed by atoms with Crippen LogP contribution in [-0.2, 0) is 6.42 Å². The van der Waals surface area contributed by atoms with Crippen molar-refractivity contribution in [1.29, 1.82) is 0 Å². The van der Waals surface area contributed by atoms with E-state index in [4.69, 9.17) is 14.2 Å². The zero-order valence-corrected chi connectivity index (χ0v) is 13.1. The Kier molecular flexibility index (Phi) is 3.53. The average Bonchev–Trinajstić information content (AvgIpc) is 2.54. The van der Waals surface area contributed by atoms with Gasteiger partial charge in [-0.05, 0) is 30.2 Å². The lowest BCUT2D eigenvalue weighted by atomic mass is 9.82. The van der Waals surface area contributed by atoms with Crippen LogP contribution < -0.4 is 14.2 Å². The van der Waals surface area contributed by atoms with Gasteiger partial charge in [0.2, 0.25) is 5.78 Å². The maximum Gasteiger partial charge on any atom is 0.201 e. The lowest BCUT2D eigenvalue weighted by Crippen LogP contribution is -2.19. The van der Waals surface area contributed by atoms with Gasteiger partial charge in [0.1, 0.15) is 17.2 Å². The molecule has 2 aromatic rings. The van der Waals surface area contributed by atoms with Crippen molar-refractivity contribution in [1.82, 2.24) is 0 Å². The smallest absolute Gasteiger partial charge is 0.201 e. The maximum atomic E-state index is 13.1. The number of hydrogen-bond donors (Lipinski definition) is 0. The van der Waals surface area contributed by atoms with Gasteiger partial charge in [-0.25, -0.2) is 0 Å². The highest BCUT2D eigenvalue weighted by Crippen LogP contribution is 2.42. The summed E-state index contributed by atoms with van der Waals surface area (Å²) in [6.45, 7) is 1.91. The molecule has 4 nitrogen and oxygen atoms in total. The Bertz CT molecular complexity index is 762. The van der Waals surface area contributed by atoms with Crippen LogP contribution in [0.5, 0.6) is 17.2 Å². The zero-order chi connectivity index (χ0) is 15.9. The fraction of sp³-hybridized carbons (Fsp3) is 0.278. The average molecular weight is 298 g/mol. The predicted molar refractivity (Wildman–Crippen MR) is 83.5 cm³/mol. The molecule has 0 N–H and O–H groups in total. The first-order chi connectivity index (χ1) is 10.6. The minimum absolute atomic E-state index is 0.0763. The van der Waals surface area contributed by atoms with E-state index in [-0.39, 0.29) is 5.78 Å². The van der Waals surface area contributed by atoms with Gasteiger partial charge in [0.05, 0.1) is 32.5 Å². The van der Waals surface area contributed by atoms with Gasteiger partial charge in [-0.3, -0.25) is 4.79 Å². The number of fused-ring (bicyclic) bond motifs is 2. The van der Waals surface area contributed by atoms with E-state index < -0.39 is 0 Å². The molecule has 2 aromatic carbocycles. The molecule has 0 fully saturated rings. The van der Waals surface area contributed by atoms with Crippen LogP contribution >= 0.6 is 0 Å². The summed E-state index contributed by atoms with van der Waals surface area (Å²) in [7, 11) is 4.78. The van der Waals surface area contributed by atoms with E-state index in [0.29, 0.717) is 29.0 Å². The Hall–Kier alpha value is -2.49. The summed E-state index contributed by atoms with van der Waals surface area (Å²) in [5.74, 6) is 1.84. The highest BCUT2D eigenvalue weighted by atomic mass is 16.5. The van der Waals surface area contributed by atoms with Crippen LogP contribution in [0.4, 0.5) is 0 Å². The largest absolute Gasteiger partial charge is 0.496 e. The normalized spacial score (nSPS) is 12.5. The van der Waals surface area contributed by atoms with Crippen LogP contribution in [0.3, 0.4) is 0 Å². The van der Waals surface area contributed by atoms with Gasteiger partial charge in [0.25, 0.3) is 0 Å². The third kappa shape index (κ3) is 1.95. The second-order valence-electron chi connectivity index (χ2n) is 5.28. The highest BCUT2D eigenvalue weighted by Gasteiger charge is 2.32. The molecule has 0 aliphatic heterocycles. The monoisotopic (exact) mass is 298 g/mol. The summed E-state index contributed by atoms with van der Waals surface area (Å²) in [6.07, 6.45) is 0.618. The standard InChI is InChI=1S/C18H18O4/c1-10-8-14(21-3)12-9-11-6-5-7-13(20-2)15(11)17(19)16(12)18(10)22-4/h5-8H,9H2,1-4H3. The number of carbonyl (C=O) groups is 1. The van der Waals surface area contributed by atoms with E-state index in [9.17, 15) is 4.79 Å². The first-order valence-corrected chi connectivity index (χ1v) is 7.07.